The molecule has 0 amide bonds. The number of ether oxygens (including phenoxy) is 2. The molecular weight excluding hydrogens is 200 g/mol. The molecule has 1 rings (SSSR count). The molecule has 0 radical (unpaired) electrons. The fraction of sp³-hybridized carbons (Fsp3) is 0.500. The number of carbonyl (C=O) groups is 1. The van der Waals surface area contributed by atoms with E-state index in [1.54, 1.807) is 6.08 Å². The first kappa shape index (κ1) is 12.1. The van der Waals surface area contributed by atoms with Gasteiger partial charge < -0.3 is 19.7 Å². The van der Waals surface area contributed by atoms with Crippen molar-refractivity contribution in [2.45, 2.75) is 18.5 Å². The molecule has 0 spiro atoms. The van der Waals surface area contributed by atoms with Gasteiger partial charge in [0.15, 0.2) is 6.29 Å². The molecule has 0 aromatic heterocycles. The first-order valence-electron chi connectivity index (χ1n) is 4.62. The molecule has 0 bridgehead atoms. The molecule has 3 unspecified atom stereocenters. The summed E-state index contributed by atoms with van der Waals surface area (Å²) in [5.74, 6) is 0. The third kappa shape index (κ3) is 4.35. The second-order valence-electron chi connectivity index (χ2n) is 3.03. The van der Waals surface area contributed by atoms with E-state index in [1.165, 1.54) is 18.2 Å². The average Bonchev–Trinajstić information content (AvgIpc) is 2.71. The maximum atomic E-state index is 10.0. The molecule has 1 heterocycles. The molecule has 5 heteroatoms. The number of aldehydes is 1. The van der Waals surface area contributed by atoms with Gasteiger partial charge in [0.05, 0.1) is 19.3 Å². The number of aliphatic hydroxyl groups is 2. The number of aliphatic hydroxyl groups excluding tert-OH is 2. The van der Waals surface area contributed by atoms with Crippen LogP contribution in [0.4, 0.5) is 0 Å². The second-order valence-corrected chi connectivity index (χ2v) is 3.03. The average molecular weight is 214 g/mol. The fourth-order valence-electron chi connectivity index (χ4n) is 1.09. The van der Waals surface area contributed by atoms with Crippen LogP contribution in [0, 0.1) is 0 Å². The minimum Gasteiger partial charge on any atom is -0.393 e. The Morgan fingerprint density at radius 2 is 2.27 bits per heavy atom. The molecule has 1 saturated heterocycles. The van der Waals surface area contributed by atoms with Crippen molar-refractivity contribution in [2.24, 2.45) is 0 Å². The molecular formula is C10H14O5. The fourth-order valence-corrected chi connectivity index (χ4v) is 1.09. The summed E-state index contributed by atoms with van der Waals surface area (Å²) in [6, 6.07) is 0. The highest BCUT2D eigenvalue weighted by molar-refractivity contribution is 5.64. The standard InChI is InChI=1S/C10H14O5/c11-5-1-2-9-7-14-10(15-9)4-3-8(13)6-12/h1-5,8-10,12-13H,6-7H2/b2-1+,4-3+. The van der Waals surface area contributed by atoms with E-state index in [2.05, 4.69) is 0 Å². The number of rotatable bonds is 5. The SMILES string of the molecule is O=C/C=C/C1COC(/C=C/C(O)CO)O1. The summed E-state index contributed by atoms with van der Waals surface area (Å²) in [5, 5.41) is 17.6. The lowest BCUT2D eigenvalue weighted by Gasteiger charge is -2.05. The van der Waals surface area contributed by atoms with Gasteiger partial charge in [-0.15, -0.1) is 0 Å². The molecule has 1 aliphatic heterocycles. The zero-order valence-electron chi connectivity index (χ0n) is 8.15. The third-order valence-electron chi connectivity index (χ3n) is 1.82. The first-order chi connectivity index (χ1) is 7.26. The summed E-state index contributed by atoms with van der Waals surface area (Å²) in [7, 11) is 0. The second kappa shape index (κ2) is 6.47. The van der Waals surface area contributed by atoms with Crippen LogP contribution in [0.1, 0.15) is 0 Å². The molecule has 5 nitrogen and oxygen atoms in total. The predicted molar refractivity (Wildman–Crippen MR) is 52.0 cm³/mol. The van der Waals surface area contributed by atoms with Gasteiger partial charge in [0.25, 0.3) is 0 Å². The zero-order valence-corrected chi connectivity index (χ0v) is 8.15. The lowest BCUT2D eigenvalue weighted by atomic mass is 10.3. The van der Waals surface area contributed by atoms with Crippen LogP contribution in [0.3, 0.4) is 0 Å². The van der Waals surface area contributed by atoms with Crippen LogP contribution in [0.15, 0.2) is 24.3 Å². The zero-order chi connectivity index (χ0) is 11.1. The third-order valence-corrected chi connectivity index (χ3v) is 1.82. The van der Waals surface area contributed by atoms with Crippen LogP contribution in [-0.2, 0) is 14.3 Å². The number of allylic oxidation sites excluding steroid dienone is 1. The van der Waals surface area contributed by atoms with E-state index in [-0.39, 0.29) is 12.7 Å². The summed E-state index contributed by atoms with van der Waals surface area (Å²) in [5.41, 5.74) is 0. The Kier molecular flexibility index (Phi) is 5.20. The van der Waals surface area contributed by atoms with Crippen LogP contribution in [0.5, 0.6) is 0 Å². The van der Waals surface area contributed by atoms with E-state index in [4.69, 9.17) is 19.7 Å². The summed E-state index contributed by atoms with van der Waals surface area (Å²) in [6.07, 6.45) is 4.87. The van der Waals surface area contributed by atoms with Crippen LogP contribution in [-0.4, -0.2) is 48.2 Å². The van der Waals surface area contributed by atoms with Crippen molar-refractivity contribution < 1.29 is 24.5 Å². The van der Waals surface area contributed by atoms with Crippen LogP contribution < -0.4 is 0 Å². The van der Waals surface area contributed by atoms with E-state index >= 15 is 0 Å². The van der Waals surface area contributed by atoms with Crippen molar-refractivity contribution in [3.63, 3.8) is 0 Å². The van der Waals surface area contributed by atoms with Gasteiger partial charge in [0.2, 0.25) is 0 Å². The molecule has 84 valence electrons. The number of hydrogen-bond donors (Lipinski definition) is 2. The normalized spacial score (nSPS) is 28.9. The lowest BCUT2D eigenvalue weighted by molar-refractivity contribution is -0.104. The van der Waals surface area contributed by atoms with Crippen LogP contribution in [0.2, 0.25) is 0 Å². The van der Waals surface area contributed by atoms with E-state index in [0.29, 0.717) is 12.9 Å². The van der Waals surface area contributed by atoms with Crippen molar-refractivity contribution in [1.29, 1.82) is 0 Å². The van der Waals surface area contributed by atoms with Gasteiger partial charge in [-0.05, 0) is 12.2 Å². The molecule has 15 heavy (non-hydrogen) atoms. The Morgan fingerprint density at radius 1 is 1.47 bits per heavy atom. The molecule has 1 aliphatic rings. The molecule has 3 atom stereocenters. The largest absolute Gasteiger partial charge is 0.393 e. The van der Waals surface area contributed by atoms with E-state index in [1.807, 2.05) is 0 Å². The molecule has 2 N–H and O–H groups in total. The minimum absolute atomic E-state index is 0.240. The highest BCUT2D eigenvalue weighted by Crippen LogP contribution is 2.13. The van der Waals surface area contributed by atoms with Crippen LogP contribution in [0.25, 0.3) is 0 Å². The van der Waals surface area contributed by atoms with Crippen molar-refractivity contribution in [3.05, 3.63) is 24.3 Å². The molecule has 0 aromatic carbocycles. The van der Waals surface area contributed by atoms with Gasteiger partial charge in [0, 0.05) is 0 Å². The van der Waals surface area contributed by atoms with Crippen molar-refractivity contribution in [2.75, 3.05) is 13.2 Å². The number of hydrogen-bond acceptors (Lipinski definition) is 5. The van der Waals surface area contributed by atoms with Crippen molar-refractivity contribution in [3.8, 4) is 0 Å². The summed E-state index contributed by atoms with van der Waals surface area (Å²) in [4.78, 5) is 10.0. The molecule has 1 fully saturated rings. The molecule has 0 aromatic rings. The summed E-state index contributed by atoms with van der Waals surface area (Å²) >= 11 is 0. The topological polar surface area (TPSA) is 76.0 Å². The van der Waals surface area contributed by atoms with Crippen LogP contribution >= 0.6 is 0 Å². The Balaban J connectivity index is 2.33. The van der Waals surface area contributed by atoms with Gasteiger partial charge in [-0.2, -0.15) is 0 Å². The van der Waals surface area contributed by atoms with Gasteiger partial charge in [-0.25, -0.2) is 0 Å². The highest BCUT2D eigenvalue weighted by atomic mass is 16.7. The van der Waals surface area contributed by atoms with Crippen molar-refractivity contribution >= 4 is 6.29 Å². The van der Waals surface area contributed by atoms with Gasteiger partial charge in [-0.3, -0.25) is 4.79 Å². The van der Waals surface area contributed by atoms with Gasteiger partial charge >= 0.3 is 0 Å². The maximum absolute atomic E-state index is 10.0. The summed E-state index contributed by atoms with van der Waals surface area (Å²) in [6.45, 7) is 0.0340. The Hall–Kier alpha value is -1.01. The van der Waals surface area contributed by atoms with E-state index < -0.39 is 12.4 Å². The van der Waals surface area contributed by atoms with E-state index in [0.717, 1.165) is 0 Å². The first-order valence-corrected chi connectivity index (χ1v) is 4.62. The van der Waals surface area contributed by atoms with Gasteiger partial charge in [-0.1, -0.05) is 12.2 Å². The monoisotopic (exact) mass is 214 g/mol. The predicted octanol–water partition coefficient (Wildman–Crippen LogP) is -0.608. The Bertz CT molecular complexity index is 248. The van der Waals surface area contributed by atoms with Crippen molar-refractivity contribution in [1.82, 2.24) is 0 Å². The Morgan fingerprint density at radius 3 is 2.93 bits per heavy atom. The summed E-state index contributed by atoms with van der Waals surface area (Å²) < 4.78 is 10.5. The minimum atomic E-state index is -0.901. The maximum Gasteiger partial charge on any atom is 0.177 e. The molecule has 0 saturated carbocycles. The lowest BCUT2D eigenvalue weighted by Crippen LogP contribution is -2.11. The highest BCUT2D eigenvalue weighted by Gasteiger charge is 2.21. The van der Waals surface area contributed by atoms with E-state index in [9.17, 15) is 4.79 Å². The quantitative estimate of drug-likeness (QED) is 0.363. The smallest absolute Gasteiger partial charge is 0.177 e. The Labute approximate surface area is 87.6 Å². The molecule has 0 aliphatic carbocycles. The van der Waals surface area contributed by atoms with Gasteiger partial charge in [0.1, 0.15) is 12.4 Å². The number of carbonyl (C=O) groups excluding carboxylic acids is 1.